The summed E-state index contributed by atoms with van der Waals surface area (Å²) in [7, 11) is -2.18. The molecule has 1 unspecified atom stereocenters. The Morgan fingerprint density at radius 2 is 1.14 bits per heavy atom. The van der Waals surface area contributed by atoms with Crippen molar-refractivity contribution in [3.05, 3.63) is 71.3 Å². The minimum absolute atomic E-state index is 0.505. The topological polar surface area (TPSA) is 20.2 Å². The lowest BCUT2D eigenvalue weighted by molar-refractivity contribution is -0.137. The lowest BCUT2D eigenvalue weighted by atomic mass is 9.99. The van der Waals surface area contributed by atoms with E-state index in [2.05, 4.69) is 0 Å². The van der Waals surface area contributed by atoms with Crippen molar-refractivity contribution in [2.75, 3.05) is 0 Å². The first-order chi connectivity index (χ1) is 10.1. The first kappa shape index (κ1) is 16.8. The van der Waals surface area contributed by atoms with Gasteiger partial charge in [0.1, 0.15) is 5.22 Å². The van der Waals surface area contributed by atoms with Crippen molar-refractivity contribution in [1.82, 2.24) is 0 Å². The largest absolute Gasteiger partial charge is 0.416 e. The number of hydrogen-bond donors (Lipinski definition) is 1. The van der Waals surface area contributed by atoms with E-state index in [9.17, 15) is 18.3 Å². The van der Waals surface area contributed by atoms with E-state index < -0.39 is 25.0 Å². The number of aliphatic hydroxyl groups is 1. The van der Waals surface area contributed by atoms with Crippen molar-refractivity contribution in [3.63, 3.8) is 0 Å². The first-order valence-electron chi connectivity index (χ1n) is 7.02. The second-order valence-electron chi connectivity index (χ2n) is 6.40. The SMILES string of the molecule is C[Si](C)(C)C(O)(c1ccccc1)c1ccc(C(F)(F)F)cc1. The fourth-order valence-electron chi connectivity index (χ4n) is 2.61. The zero-order valence-corrected chi connectivity index (χ0v) is 13.8. The summed E-state index contributed by atoms with van der Waals surface area (Å²) in [5, 5.41) is 10.1. The van der Waals surface area contributed by atoms with E-state index in [1.807, 2.05) is 50.0 Å². The van der Waals surface area contributed by atoms with E-state index >= 15 is 0 Å². The summed E-state index contributed by atoms with van der Waals surface area (Å²) in [6, 6.07) is 14.0. The van der Waals surface area contributed by atoms with Crippen LogP contribution in [-0.4, -0.2) is 13.2 Å². The zero-order valence-electron chi connectivity index (χ0n) is 12.8. The summed E-state index contributed by atoms with van der Waals surface area (Å²) in [5.41, 5.74) is 0.516. The molecule has 118 valence electrons. The molecular weight excluding hydrogens is 305 g/mol. The molecule has 0 saturated carbocycles. The first-order valence-corrected chi connectivity index (χ1v) is 10.5. The van der Waals surface area contributed by atoms with Gasteiger partial charge in [0.2, 0.25) is 0 Å². The molecule has 0 spiro atoms. The molecule has 1 nitrogen and oxygen atoms in total. The Morgan fingerprint density at radius 1 is 0.727 bits per heavy atom. The number of hydrogen-bond acceptors (Lipinski definition) is 1. The van der Waals surface area contributed by atoms with Crippen LogP contribution in [0.4, 0.5) is 13.2 Å². The number of alkyl halides is 3. The van der Waals surface area contributed by atoms with E-state index in [-0.39, 0.29) is 0 Å². The molecule has 0 amide bonds. The molecule has 2 aromatic rings. The van der Waals surface area contributed by atoms with Crippen LogP contribution in [-0.2, 0) is 11.4 Å². The van der Waals surface area contributed by atoms with Crippen LogP contribution in [0.5, 0.6) is 0 Å². The maximum Gasteiger partial charge on any atom is 0.416 e. The fourth-order valence-corrected chi connectivity index (χ4v) is 4.68. The Labute approximate surface area is 129 Å². The van der Waals surface area contributed by atoms with E-state index in [1.54, 1.807) is 0 Å². The molecule has 5 heteroatoms. The Hall–Kier alpha value is -1.59. The second-order valence-corrected chi connectivity index (χ2v) is 11.6. The van der Waals surface area contributed by atoms with Crippen LogP contribution in [0, 0.1) is 0 Å². The van der Waals surface area contributed by atoms with Crippen LogP contribution in [0.1, 0.15) is 16.7 Å². The van der Waals surface area contributed by atoms with Gasteiger partial charge in [-0.25, -0.2) is 0 Å². The molecule has 0 aliphatic carbocycles. The summed E-state index contributed by atoms with van der Waals surface area (Å²) in [6.45, 7) is 5.99. The third kappa shape index (κ3) is 2.96. The Balaban J connectivity index is 2.57. The lowest BCUT2D eigenvalue weighted by Gasteiger charge is -2.40. The summed E-state index contributed by atoms with van der Waals surface area (Å²) in [4.78, 5) is 0. The van der Waals surface area contributed by atoms with Crippen LogP contribution < -0.4 is 0 Å². The molecule has 0 aliphatic heterocycles. The van der Waals surface area contributed by atoms with Crippen molar-refractivity contribution in [1.29, 1.82) is 0 Å². The van der Waals surface area contributed by atoms with E-state index in [1.165, 1.54) is 12.1 Å². The smallest absolute Gasteiger partial charge is 0.384 e. The summed E-state index contributed by atoms with van der Waals surface area (Å²) < 4.78 is 38.2. The minimum Gasteiger partial charge on any atom is -0.384 e. The molecule has 1 N–H and O–H groups in total. The fraction of sp³-hybridized carbons (Fsp3) is 0.294. The maximum atomic E-state index is 12.7. The van der Waals surface area contributed by atoms with Gasteiger partial charge in [-0.1, -0.05) is 62.1 Å². The van der Waals surface area contributed by atoms with Crippen molar-refractivity contribution in [3.8, 4) is 0 Å². The molecule has 2 aromatic carbocycles. The Bertz CT molecular complexity index is 630. The highest BCUT2D eigenvalue weighted by Gasteiger charge is 2.45. The van der Waals surface area contributed by atoms with Gasteiger partial charge < -0.3 is 5.11 Å². The maximum absolute atomic E-state index is 12.7. The Kier molecular flexibility index (Phi) is 4.23. The third-order valence-corrected chi connectivity index (χ3v) is 6.66. The second kappa shape index (κ2) is 5.55. The van der Waals surface area contributed by atoms with Gasteiger partial charge in [-0.2, -0.15) is 13.2 Å². The predicted molar refractivity (Wildman–Crippen MR) is 84.2 cm³/mol. The summed E-state index contributed by atoms with van der Waals surface area (Å²) in [5.74, 6) is 0. The van der Waals surface area contributed by atoms with Crippen molar-refractivity contribution in [2.45, 2.75) is 31.0 Å². The molecule has 0 fully saturated rings. The van der Waals surface area contributed by atoms with Gasteiger partial charge in [-0.15, -0.1) is 0 Å². The molecule has 0 aromatic heterocycles. The molecular formula is C17H19F3OSi. The van der Waals surface area contributed by atoms with Crippen LogP contribution >= 0.6 is 0 Å². The van der Waals surface area contributed by atoms with E-state index in [0.717, 1.165) is 12.1 Å². The van der Waals surface area contributed by atoms with Crippen LogP contribution in [0.25, 0.3) is 0 Å². The summed E-state index contributed by atoms with van der Waals surface area (Å²) in [6.07, 6.45) is -4.37. The highest BCUT2D eigenvalue weighted by molar-refractivity contribution is 6.79. The molecule has 0 aliphatic rings. The number of benzene rings is 2. The van der Waals surface area contributed by atoms with E-state index in [4.69, 9.17) is 0 Å². The quantitative estimate of drug-likeness (QED) is 0.803. The van der Waals surface area contributed by atoms with Gasteiger partial charge in [0.05, 0.1) is 13.6 Å². The number of halogens is 3. The molecule has 0 bridgehead atoms. The van der Waals surface area contributed by atoms with E-state index in [0.29, 0.717) is 11.1 Å². The average molecular weight is 324 g/mol. The van der Waals surface area contributed by atoms with Gasteiger partial charge in [0.25, 0.3) is 0 Å². The van der Waals surface area contributed by atoms with Gasteiger partial charge in [-0.3, -0.25) is 0 Å². The average Bonchev–Trinajstić information content (AvgIpc) is 2.45. The molecule has 2 rings (SSSR count). The van der Waals surface area contributed by atoms with Gasteiger partial charge in [-0.05, 0) is 23.3 Å². The van der Waals surface area contributed by atoms with Crippen LogP contribution in [0.3, 0.4) is 0 Å². The van der Waals surface area contributed by atoms with Gasteiger partial charge >= 0.3 is 6.18 Å². The van der Waals surface area contributed by atoms with Gasteiger partial charge in [0, 0.05) is 0 Å². The normalized spacial score (nSPS) is 15.4. The standard InChI is InChI=1S/C17H19F3OSi/c1-22(2,3)16(21,13-7-5-4-6-8-13)14-9-11-15(12-10-14)17(18,19)20/h4-12,21H,1-3H3. The molecule has 0 radical (unpaired) electrons. The van der Waals surface area contributed by atoms with Crippen molar-refractivity contribution >= 4 is 8.07 Å². The molecule has 0 heterocycles. The Morgan fingerprint density at radius 3 is 1.55 bits per heavy atom. The lowest BCUT2D eigenvalue weighted by Crippen LogP contribution is -2.50. The van der Waals surface area contributed by atoms with Crippen molar-refractivity contribution in [2.24, 2.45) is 0 Å². The highest BCUT2D eigenvalue weighted by Crippen LogP contribution is 2.39. The number of rotatable bonds is 3. The third-order valence-electron chi connectivity index (χ3n) is 3.91. The summed E-state index contributed by atoms with van der Waals surface area (Å²) >= 11 is 0. The molecule has 0 saturated heterocycles. The predicted octanol–water partition coefficient (Wildman–Crippen LogP) is 4.82. The van der Waals surface area contributed by atoms with Crippen LogP contribution in [0.2, 0.25) is 19.6 Å². The molecule has 1 atom stereocenters. The van der Waals surface area contributed by atoms with Crippen LogP contribution in [0.15, 0.2) is 54.6 Å². The molecule has 22 heavy (non-hydrogen) atoms. The zero-order chi connectivity index (χ0) is 16.6. The monoisotopic (exact) mass is 324 g/mol. The highest BCUT2D eigenvalue weighted by atomic mass is 28.3. The minimum atomic E-state index is -4.37. The van der Waals surface area contributed by atoms with Crippen molar-refractivity contribution < 1.29 is 18.3 Å². The van der Waals surface area contributed by atoms with Gasteiger partial charge in [0.15, 0.2) is 0 Å².